The fourth-order valence-corrected chi connectivity index (χ4v) is 2.30. The highest BCUT2D eigenvalue weighted by atomic mass is 32.2. The van der Waals surface area contributed by atoms with Crippen LogP contribution < -0.4 is 5.32 Å². The van der Waals surface area contributed by atoms with Crippen molar-refractivity contribution < 1.29 is 0 Å². The highest BCUT2D eigenvalue weighted by Crippen LogP contribution is 2.21. The highest BCUT2D eigenvalue weighted by molar-refractivity contribution is 7.99. The quantitative estimate of drug-likeness (QED) is 0.633. The second-order valence-corrected chi connectivity index (χ2v) is 5.44. The molecule has 1 rings (SSSR count). The fourth-order valence-electron chi connectivity index (χ4n) is 1.36. The van der Waals surface area contributed by atoms with Crippen molar-refractivity contribution in [1.29, 1.82) is 0 Å². The number of rotatable bonds is 5. The molecule has 3 nitrogen and oxygen atoms in total. The molecule has 0 saturated heterocycles. The third-order valence-corrected chi connectivity index (χ3v) is 3.56. The van der Waals surface area contributed by atoms with Gasteiger partial charge in [0.2, 0.25) is 0 Å². The highest BCUT2D eigenvalue weighted by Gasteiger charge is 2.09. The maximum atomic E-state index is 4.51. The van der Waals surface area contributed by atoms with Crippen molar-refractivity contribution in [2.75, 3.05) is 13.1 Å². The zero-order valence-corrected chi connectivity index (χ0v) is 11.6. The summed E-state index contributed by atoms with van der Waals surface area (Å²) in [4.78, 5) is 9.01. The van der Waals surface area contributed by atoms with Crippen LogP contribution in [0.25, 0.3) is 0 Å². The predicted molar refractivity (Wildman–Crippen MR) is 70.1 cm³/mol. The van der Waals surface area contributed by atoms with Gasteiger partial charge >= 0.3 is 0 Å². The van der Waals surface area contributed by atoms with Gasteiger partial charge in [0.1, 0.15) is 0 Å². The molecule has 1 aromatic rings. The van der Waals surface area contributed by atoms with Crippen LogP contribution in [0.4, 0.5) is 0 Å². The van der Waals surface area contributed by atoms with Gasteiger partial charge in [-0.1, -0.05) is 25.6 Å². The van der Waals surface area contributed by atoms with E-state index >= 15 is 0 Å². The molecule has 16 heavy (non-hydrogen) atoms. The minimum absolute atomic E-state index is 0.501. The van der Waals surface area contributed by atoms with Crippen molar-refractivity contribution in [2.24, 2.45) is 0 Å². The van der Waals surface area contributed by atoms with Gasteiger partial charge in [-0.3, -0.25) is 0 Å². The number of hydrogen-bond acceptors (Lipinski definition) is 4. The van der Waals surface area contributed by atoms with E-state index in [4.69, 9.17) is 0 Å². The first-order chi connectivity index (χ1) is 7.54. The van der Waals surface area contributed by atoms with Crippen LogP contribution in [-0.4, -0.2) is 28.3 Å². The van der Waals surface area contributed by atoms with E-state index in [0.717, 1.165) is 29.6 Å². The van der Waals surface area contributed by atoms with E-state index < -0.39 is 0 Å². The monoisotopic (exact) mass is 239 g/mol. The molecule has 1 unspecified atom stereocenters. The van der Waals surface area contributed by atoms with Crippen LogP contribution in [0, 0.1) is 20.8 Å². The van der Waals surface area contributed by atoms with Gasteiger partial charge in [0.05, 0.1) is 0 Å². The van der Waals surface area contributed by atoms with Crippen LogP contribution in [0.1, 0.15) is 30.8 Å². The first kappa shape index (κ1) is 13.5. The van der Waals surface area contributed by atoms with Crippen LogP contribution in [0.15, 0.2) is 5.16 Å². The minimum atomic E-state index is 0.501. The number of aryl methyl sites for hydroxylation is 2. The molecular formula is C12H21N3S. The summed E-state index contributed by atoms with van der Waals surface area (Å²) in [6, 6.07) is 0. The van der Waals surface area contributed by atoms with Crippen LogP contribution in [0.5, 0.6) is 0 Å². The number of thioether (sulfide) groups is 1. The Hall–Kier alpha value is -0.610. The van der Waals surface area contributed by atoms with Gasteiger partial charge in [0, 0.05) is 23.2 Å². The van der Waals surface area contributed by atoms with E-state index in [9.17, 15) is 0 Å². The lowest BCUT2D eigenvalue weighted by Crippen LogP contribution is -2.22. The standard InChI is InChI=1S/C12H21N3S/c1-6-13-7-8(2)16-12-14-10(4)9(3)11(5)15-12/h8,13H,6-7H2,1-5H3. The number of nitrogens with one attached hydrogen (secondary N) is 1. The second-order valence-electron chi connectivity index (χ2n) is 4.04. The third kappa shape index (κ3) is 3.76. The zero-order chi connectivity index (χ0) is 12.1. The first-order valence-electron chi connectivity index (χ1n) is 5.73. The summed E-state index contributed by atoms with van der Waals surface area (Å²) in [6.07, 6.45) is 0. The molecule has 4 heteroatoms. The SMILES string of the molecule is CCNCC(C)Sc1nc(C)c(C)c(C)n1. The van der Waals surface area contributed by atoms with Crippen molar-refractivity contribution in [3.05, 3.63) is 17.0 Å². The Labute approximate surface area is 102 Å². The molecule has 0 fully saturated rings. The van der Waals surface area contributed by atoms with Gasteiger partial charge in [-0.2, -0.15) is 0 Å². The van der Waals surface area contributed by atoms with Crippen molar-refractivity contribution in [3.8, 4) is 0 Å². The van der Waals surface area contributed by atoms with E-state index in [0.29, 0.717) is 5.25 Å². The largest absolute Gasteiger partial charge is 0.316 e. The van der Waals surface area contributed by atoms with Crippen molar-refractivity contribution in [1.82, 2.24) is 15.3 Å². The number of aromatic nitrogens is 2. The van der Waals surface area contributed by atoms with E-state index in [1.54, 1.807) is 11.8 Å². The molecular weight excluding hydrogens is 218 g/mol. The molecule has 0 spiro atoms. The van der Waals surface area contributed by atoms with Crippen LogP contribution >= 0.6 is 11.8 Å². The Kier molecular flexibility index (Phi) is 5.22. The smallest absolute Gasteiger partial charge is 0.188 e. The molecule has 1 heterocycles. The summed E-state index contributed by atoms with van der Waals surface area (Å²) < 4.78 is 0. The van der Waals surface area contributed by atoms with Crippen LogP contribution in [0.3, 0.4) is 0 Å². The number of hydrogen-bond donors (Lipinski definition) is 1. The Balaban J connectivity index is 2.67. The molecule has 0 bridgehead atoms. The second kappa shape index (κ2) is 6.21. The van der Waals surface area contributed by atoms with Crippen molar-refractivity contribution >= 4 is 11.8 Å². The molecule has 90 valence electrons. The average Bonchev–Trinajstić information content (AvgIpc) is 2.23. The summed E-state index contributed by atoms with van der Waals surface area (Å²) in [5.74, 6) is 0. The van der Waals surface area contributed by atoms with E-state index in [1.165, 1.54) is 5.56 Å². The van der Waals surface area contributed by atoms with Gasteiger partial charge in [-0.25, -0.2) is 9.97 Å². The van der Waals surface area contributed by atoms with Gasteiger partial charge in [0.15, 0.2) is 5.16 Å². The molecule has 0 aliphatic rings. The Bertz CT molecular complexity index is 329. The lowest BCUT2D eigenvalue weighted by Gasteiger charge is -2.12. The summed E-state index contributed by atoms with van der Waals surface area (Å²) in [5, 5.41) is 4.73. The lowest BCUT2D eigenvalue weighted by molar-refractivity contribution is 0.710. The van der Waals surface area contributed by atoms with Crippen molar-refractivity contribution in [2.45, 2.75) is 45.0 Å². The maximum Gasteiger partial charge on any atom is 0.188 e. The third-order valence-electron chi connectivity index (χ3n) is 2.60. The Morgan fingerprint density at radius 2 is 1.75 bits per heavy atom. The normalized spacial score (nSPS) is 12.8. The summed E-state index contributed by atoms with van der Waals surface area (Å²) in [6.45, 7) is 12.5. The Morgan fingerprint density at radius 1 is 1.19 bits per heavy atom. The molecule has 1 aromatic heterocycles. The molecule has 0 saturated carbocycles. The zero-order valence-electron chi connectivity index (χ0n) is 10.8. The Morgan fingerprint density at radius 3 is 2.25 bits per heavy atom. The first-order valence-corrected chi connectivity index (χ1v) is 6.61. The molecule has 0 aromatic carbocycles. The van der Waals surface area contributed by atoms with Crippen LogP contribution in [0.2, 0.25) is 0 Å². The fraction of sp³-hybridized carbons (Fsp3) is 0.667. The topological polar surface area (TPSA) is 37.8 Å². The van der Waals surface area contributed by atoms with Gasteiger partial charge < -0.3 is 5.32 Å². The van der Waals surface area contributed by atoms with E-state index in [1.807, 2.05) is 13.8 Å². The molecule has 0 amide bonds. The minimum Gasteiger partial charge on any atom is -0.316 e. The molecule has 0 aliphatic carbocycles. The molecule has 1 atom stereocenters. The molecule has 0 radical (unpaired) electrons. The molecule has 0 aliphatic heterocycles. The lowest BCUT2D eigenvalue weighted by atomic mass is 10.2. The predicted octanol–water partition coefficient (Wildman–Crippen LogP) is 2.49. The van der Waals surface area contributed by atoms with Crippen LogP contribution in [-0.2, 0) is 0 Å². The summed E-state index contributed by atoms with van der Waals surface area (Å²) in [7, 11) is 0. The summed E-state index contributed by atoms with van der Waals surface area (Å²) >= 11 is 1.74. The van der Waals surface area contributed by atoms with E-state index in [2.05, 4.69) is 36.1 Å². The average molecular weight is 239 g/mol. The maximum absolute atomic E-state index is 4.51. The molecule has 1 N–H and O–H groups in total. The van der Waals surface area contributed by atoms with Gasteiger partial charge in [-0.05, 0) is 32.9 Å². The van der Waals surface area contributed by atoms with Gasteiger partial charge in [0.25, 0.3) is 0 Å². The van der Waals surface area contributed by atoms with Crippen molar-refractivity contribution in [3.63, 3.8) is 0 Å². The van der Waals surface area contributed by atoms with Gasteiger partial charge in [-0.15, -0.1) is 0 Å². The number of nitrogens with zero attached hydrogens (tertiary/aromatic N) is 2. The van der Waals surface area contributed by atoms with E-state index in [-0.39, 0.29) is 0 Å². The summed E-state index contributed by atoms with van der Waals surface area (Å²) in [5.41, 5.74) is 3.37.